The first-order valence-electron chi connectivity index (χ1n) is 7.30. The molecule has 0 aliphatic carbocycles. The third-order valence-electron chi connectivity index (χ3n) is 3.29. The van der Waals surface area contributed by atoms with Gasteiger partial charge in [-0.25, -0.2) is 0 Å². The second-order valence-corrected chi connectivity index (χ2v) is 7.27. The molecule has 1 N–H and O–H groups in total. The van der Waals surface area contributed by atoms with Gasteiger partial charge in [-0.1, -0.05) is 30.1 Å². The number of hydrogen-bond donors (Lipinski definition) is 1. The van der Waals surface area contributed by atoms with Gasteiger partial charge in [0, 0.05) is 15.6 Å². The lowest BCUT2D eigenvalue weighted by atomic mass is 10.2. The lowest BCUT2D eigenvalue weighted by Crippen LogP contribution is -2.24. The molecule has 25 heavy (non-hydrogen) atoms. The van der Waals surface area contributed by atoms with Crippen molar-refractivity contribution in [2.24, 2.45) is 0 Å². The molecule has 0 spiro atoms. The Morgan fingerprint density at radius 3 is 2.36 bits per heavy atom. The van der Waals surface area contributed by atoms with Crippen LogP contribution in [0.4, 0.5) is 18.9 Å². The number of halogens is 5. The fourth-order valence-electron chi connectivity index (χ4n) is 2.04. The summed E-state index contributed by atoms with van der Waals surface area (Å²) in [6.07, 6.45) is -4.07. The number of alkyl halides is 3. The van der Waals surface area contributed by atoms with Crippen molar-refractivity contribution in [1.29, 1.82) is 0 Å². The highest BCUT2D eigenvalue weighted by atomic mass is 35.5. The van der Waals surface area contributed by atoms with Crippen molar-refractivity contribution >= 4 is 46.6 Å². The monoisotopic (exact) mass is 407 g/mol. The minimum Gasteiger partial charge on any atom is -0.325 e. The molecule has 0 fully saturated rings. The second kappa shape index (κ2) is 8.34. The molecule has 2 aromatic rings. The van der Waals surface area contributed by atoms with E-state index in [0.29, 0.717) is 11.4 Å². The fourth-order valence-corrected chi connectivity index (χ4v) is 3.35. The van der Waals surface area contributed by atoms with E-state index in [1.165, 1.54) is 17.8 Å². The van der Waals surface area contributed by atoms with Gasteiger partial charge in [-0.2, -0.15) is 13.2 Å². The molecule has 0 bridgehead atoms. The molecule has 0 saturated heterocycles. The van der Waals surface area contributed by atoms with Gasteiger partial charge in [-0.05, 0) is 48.9 Å². The van der Waals surface area contributed by atoms with Crippen molar-refractivity contribution in [2.75, 3.05) is 5.32 Å². The Balaban J connectivity index is 2.12. The molecule has 2 rings (SSSR count). The third-order valence-corrected chi connectivity index (χ3v) is 5.25. The van der Waals surface area contributed by atoms with Gasteiger partial charge in [0.25, 0.3) is 0 Å². The van der Waals surface area contributed by atoms with Gasteiger partial charge >= 0.3 is 6.18 Å². The highest BCUT2D eigenvalue weighted by Gasteiger charge is 2.33. The van der Waals surface area contributed by atoms with E-state index in [-0.39, 0.29) is 11.6 Å². The van der Waals surface area contributed by atoms with E-state index in [0.717, 1.165) is 17.0 Å². The fraction of sp³-hybridized carbons (Fsp3) is 0.235. The smallest absolute Gasteiger partial charge is 0.325 e. The Morgan fingerprint density at radius 1 is 1.16 bits per heavy atom. The molecule has 0 aromatic heterocycles. The Kier molecular flexibility index (Phi) is 6.65. The number of thioether (sulfide) groups is 1. The molecule has 2 aromatic carbocycles. The maximum Gasteiger partial charge on any atom is 0.417 e. The van der Waals surface area contributed by atoms with Gasteiger partial charge < -0.3 is 5.32 Å². The second-order valence-electron chi connectivity index (χ2n) is 5.15. The summed E-state index contributed by atoms with van der Waals surface area (Å²) in [5.74, 6) is -0.377. The predicted molar refractivity (Wildman–Crippen MR) is 96.5 cm³/mol. The molecule has 2 nitrogen and oxygen atoms in total. The van der Waals surface area contributed by atoms with Crippen LogP contribution in [-0.2, 0) is 11.0 Å². The maximum absolute atomic E-state index is 12.9. The van der Waals surface area contributed by atoms with E-state index in [1.54, 1.807) is 24.3 Å². The Bertz CT molecular complexity index is 751. The van der Waals surface area contributed by atoms with Crippen LogP contribution in [0, 0.1) is 0 Å². The van der Waals surface area contributed by atoms with Crippen molar-refractivity contribution in [3.05, 3.63) is 58.1 Å². The maximum atomic E-state index is 12.9. The van der Waals surface area contributed by atoms with E-state index in [4.69, 9.17) is 23.2 Å². The summed E-state index contributed by atoms with van der Waals surface area (Å²) in [6, 6.07) is 10.3. The highest BCUT2D eigenvalue weighted by molar-refractivity contribution is 8.00. The van der Waals surface area contributed by atoms with Gasteiger partial charge in [0.2, 0.25) is 5.91 Å². The number of amides is 1. The van der Waals surface area contributed by atoms with Gasteiger partial charge in [0.1, 0.15) is 0 Å². The number of carbonyl (C=O) groups is 1. The van der Waals surface area contributed by atoms with Crippen LogP contribution < -0.4 is 5.32 Å². The number of hydrogen-bond acceptors (Lipinski definition) is 2. The average Bonchev–Trinajstić information content (AvgIpc) is 2.55. The van der Waals surface area contributed by atoms with Crippen LogP contribution in [0.3, 0.4) is 0 Å². The standard InChI is InChI=1S/C17H14Cl2F3NOS/c1-2-15(25-12-6-3-10(18)4-7-12)16(24)23-11-5-8-14(19)13(9-11)17(20,21)22/h3-9,15H,2H2,1H3,(H,23,24)/t15-/m1/s1. The molecule has 0 aliphatic rings. The van der Waals surface area contributed by atoms with Gasteiger partial charge in [0.05, 0.1) is 15.8 Å². The van der Waals surface area contributed by atoms with Crippen LogP contribution >= 0.6 is 35.0 Å². The zero-order valence-electron chi connectivity index (χ0n) is 13.0. The van der Waals surface area contributed by atoms with Gasteiger partial charge in [-0.15, -0.1) is 11.8 Å². The molecule has 0 unspecified atom stereocenters. The van der Waals surface area contributed by atoms with Crippen molar-refractivity contribution < 1.29 is 18.0 Å². The number of rotatable bonds is 5. The Morgan fingerprint density at radius 2 is 1.80 bits per heavy atom. The van der Waals surface area contributed by atoms with E-state index in [1.807, 2.05) is 6.92 Å². The normalized spacial score (nSPS) is 12.7. The topological polar surface area (TPSA) is 29.1 Å². The molecule has 0 radical (unpaired) electrons. The van der Waals surface area contributed by atoms with Gasteiger partial charge in [0.15, 0.2) is 0 Å². The first-order chi connectivity index (χ1) is 11.7. The van der Waals surface area contributed by atoms with Crippen molar-refractivity contribution in [3.8, 4) is 0 Å². The zero-order chi connectivity index (χ0) is 18.6. The van der Waals surface area contributed by atoms with Crippen LogP contribution in [0.5, 0.6) is 0 Å². The molecule has 0 heterocycles. The third kappa shape index (κ3) is 5.56. The highest BCUT2D eigenvalue weighted by Crippen LogP contribution is 2.36. The molecule has 0 aliphatic heterocycles. The lowest BCUT2D eigenvalue weighted by Gasteiger charge is -2.16. The summed E-state index contributed by atoms with van der Waals surface area (Å²) in [5.41, 5.74) is -0.928. The quantitative estimate of drug-likeness (QED) is 0.571. The summed E-state index contributed by atoms with van der Waals surface area (Å²) in [4.78, 5) is 13.2. The molecule has 1 amide bonds. The summed E-state index contributed by atoms with van der Waals surface area (Å²) >= 11 is 12.7. The van der Waals surface area contributed by atoms with Crippen molar-refractivity contribution in [1.82, 2.24) is 0 Å². The molecular weight excluding hydrogens is 394 g/mol. The van der Waals surface area contributed by atoms with E-state index >= 15 is 0 Å². The van der Waals surface area contributed by atoms with Crippen molar-refractivity contribution in [2.45, 2.75) is 29.7 Å². The summed E-state index contributed by atoms with van der Waals surface area (Å²) < 4.78 is 38.7. The number of nitrogens with one attached hydrogen (secondary N) is 1. The molecular formula is C17H14Cl2F3NOS. The lowest BCUT2D eigenvalue weighted by molar-refractivity contribution is -0.137. The van der Waals surface area contributed by atoms with E-state index in [2.05, 4.69) is 5.32 Å². The van der Waals surface area contributed by atoms with E-state index < -0.39 is 22.0 Å². The zero-order valence-corrected chi connectivity index (χ0v) is 15.4. The minimum absolute atomic E-state index is 0.0527. The molecule has 1 atom stereocenters. The van der Waals surface area contributed by atoms with Crippen LogP contribution in [0.2, 0.25) is 10.0 Å². The first-order valence-corrected chi connectivity index (χ1v) is 8.94. The Hall–Kier alpha value is -1.37. The predicted octanol–water partition coefficient (Wildman–Crippen LogP) is 6.52. The van der Waals surface area contributed by atoms with Crippen LogP contribution in [0.25, 0.3) is 0 Å². The number of benzene rings is 2. The molecule has 0 saturated carbocycles. The summed E-state index contributed by atoms with van der Waals surface area (Å²) in [7, 11) is 0. The first kappa shape index (κ1) is 19.9. The number of carbonyl (C=O) groups excluding carboxylic acids is 1. The summed E-state index contributed by atoms with van der Waals surface area (Å²) in [5, 5.41) is 2.24. The number of anilines is 1. The van der Waals surface area contributed by atoms with Crippen molar-refractivity contribution in [3.63, 3.8) is 0 Å². The SMILES string of the molecule is CC[C@@H](Sc1ccc(Cl)cc1)C(=O)Nc1ccc(Cl)c(C(F)(F)F)c1. The van der Waals surface area contributed by atoms with Crippen LogP contribution in [-0.4, -0.2) is 11.2 Å². The minimum atomic E-state index is -4.58. The largest absolute Gasteiger partial charge is 0.417 e. The van der Waals surface area contributed by atoms with Crippen LogP contribution in [0.1, 0.15) is 18.9 Å². The molecule has 134 valence electrons. The van der Waals surface area contributed by atoms with Gasteiger partial charge in [-0.3, -0.25) is 4.79 Å². The summed E-state index contributed by atoms with van der Waals surface area (Å²) in [6.45, 7) is 1.83. The van der Waals surface area contributed by atoms with E-state index in [9.17, 15) is 18.0 Å². The molecule has 8 heteroatoms. The van der Waals surface area contributed by atoms with Crippen LogP contribution in [0.15, 0.2) is 47.4 Å². The Labute approximate surface area is 157 Å². The average molecular weight is 408 g/mol.